The Balaban J connectivity index is 2.00. The van der Waals surface area contributed by atoms with E-state index in [9.17, 15) is 8.42 Å². The van der Waals surface area contributed by atoms with Crippen LogP contribution in [0.3, 0.4) is 0 Å². The van der Waals surface area contributed by atoms with E-state index in [4.69, 9.17) is 9.47 Å². The topological polar surface area (TPSA) is 90.4 Å². The third-order valence-electron chi connectivity index (χ3n) is 2.74. The molecule has 0 aliphatic rings. The van der Waals surface area contributed by atoms with Crippen molar-refractivity contribution >= 4 is 15.7 Å². The molecule has 1 unspecified atom stereocenters. The fourth-order valence-corrected chi connectivity index (χ4v) is 2.97. The minimum absolute atomic E-state index is 0.112. The molecule has 118 valence electrons. The molecule has 1 aromatic carbocycles. The number of methoxy groups -OCH3 is 1. The van der Waals surface area contributed by atoms with E-state index in [2.05, 4.69) is 14.7 Å². The number of aromatic nitrogens is 2. The molecule has 0 saturated carbocycles. The fraction of sp³-hybridized carbons (Fsp3) is 0.286. The van der Waals surface area contributed by atoms with Crippen LogP contribution >= 0.6 is 0 Å². The van der Waals surface area contributed by atoms with Gasteiger partial charge in [-0.1, -0.05) is 0 Å². The van der Waals surface area contributed by atoms with E-state index in [1.54, 1.807) is 49.6 Å². The summed E-state index contributed by atoms with van der Waals surface area (Å²) in [6.07, 6.45) is 2.76. The van der Waals surface area contributed by atoms with E-state index in [-0.39, 0.29) is 17.9 Å². The van der Waals surface area contributed by atoms with Crippen LogP contribution in [0.1, 0.15) is 6.92 Å². The lowest BCUT2D eigenvalue weighted by molar-refractivity contribution is 0.136. The lowest BCUT2D eigenvalue weighted by Crippen LogP contribution is -2.25. The molecule has 2 rings (SSSR count). The monoisotopic (exact) mass is 323 g/mol. The molecule has 0 saturated heterocycles. The standard InChI is InChI=1S/C14H17N3O4S/c1-11(20-2)10-22(18,19)17-12-4-6-13(7-5-12)21-14-15-8-3-9-16-14/h3-9,11,17H,10H2,1-2H3. The van der Waals surface area contributed by atoms with Crippen LogP contribution in [0.2, 0.25) is 0 Å². The van der Waals surface area contributed by atoms with Crippen LogP contribution in [0, 0.1) is 0 Å². The van der Waals surface area contributed by atoms with E-state index < -0.39 is 10.0 Å². The predicted octanol–water partition coefficient (Wildman–Crippen LogP) is 2.05. The van der Waals surface area contributed by atoms with Crippen LogP contribution in [-0.2, 0) is 14.8 Å². The number of ether oxygens (including phenoxy) is 2. The van der Waals surface area contributed by atoms with Crippen LogP contribution in [0.5, 0.6) is 11.8 Å². The summed E-state index contributed by atoms with van der Waals surface area (Å²) >= 11 is 0. The second-order valence-corrected chi connectivity index (χ2v) is 6.35. The van der Waals surface area contributed by atoms with Gasteiger partial charge in [-0.3, -0.25) is 4.72 Å². The van der Waals surface area contributed by atoms with Crippen molar-refractivity contribution in [3.63, 3.8) is 0 Å². The minimum atomic E-state index is -3.46. The molecule has 2 aromatic rings. The van der Waals surface area contributed by atoms with Gasteiger partial charge in [-0.05, 0) is 37.3 Å². The lowest BCUT2D eigenvalue weighted by Gasteiger charge is -2.12. The summed E-state index contributed by atoms with van der Waals surface area (Å²) in [5, 5.41) is 0. The molecule has 1 heterocycles. The second-order valence-electron chi connectivity index (χ2n) is 4.59. The van der Waals surface area contributed by atoms with Crippen molar-refractivity contribution in [2.75, 3.05) is 17.6 Å². The van der Waals surface area contributed by atoms with Crippen molar-refractivity contribution in [2.45, 2.75) is 13.0 Å². The third-order valence-corrected chi connectivity index (χ3v) is 4.19. The van der Waals surface area contributed by atoms with Crippen LogP contribution in [0.25, 0.3) is 0 Å². The highest BCUT2D eigenvalue weighted by atomic mass is 32.2. The maximum Gasteiger partial charge on any atom is 0.321 e. The van der Waals surface area contributed by atoms with Gasteiger partial charge in [0.1, 0.15) is 5.75 Å². The van der Waals surface area contributed by atoms with Gasteiger partial charge in [-0.2, -0.15) is 0 Å². The minimum Gasteiger partial charge on any atom is -0.424 e. The van der Waals surface area contributed by atoms with Crippen molar-refractivity contribution in [3.05, 3.63) is 42.7 Å². The molecule has 0 spiro atoms. The average molecular weight is 323 g/mol. The Labute approximate surface area is 129 Å². The smallest absolute Gasteiger partial charge is 0.321 e. The first kappa shape index (κ1) is 16.2. The molecule has 1 aromatic heterocycles. The van der Waals surface area contributed by atoms with Crippen molar-refractivity contribution in [3.8, 4) is 11.8 Å². The molecule has 8 heteroatoms. The molecule has 0 bridgehead atoms. The largest absolute Gasteiger partial charge is 0.424 e. The number of nitrogens with one attached hydrogen (secondary N) is 1. The Kier molecular flexibility index (Phi) is 5.29. The second kappa shape index (κ2) is 7.19. The zero-order valence-corrected chi connectivity index (χ0v) is 13.1. The molecule has 0 aliphatic heterocycles. The van der Waals surface area contributed by atoms with Crippen LogP contribution in [-0.4, -0.2) is 37.4 Å². The van der Waals surface area contributed by atoms with E-state index in [0.717, 1.165) is 0 Å². The van der Waals surface area contributed by atoms with Crippen LogP contribution < -0.4 is 9.46 Å². The van der Waals surface area contributed by atoms with E-state index in [1.807, 2.05) is 0 Å². The Hall–Kier alpha value is -2.19. The van der Waals surface area contributed by atoms with E-state index >= 15 is 0 Å². The molecule has 1 N–H and O–H groups in total. The van der Waals surface area contributed by atoms with Crippen LogP contribution in [0.4, 0.5) is 5.69 Å². The normalized spacial score (nSPS) is 12.6. The maximum absolute atomic E-state index is 11.9. The zero-order chi connectivity index (χ0) is 16.0. The summed E-state index contributed by atoms with van der Waals surface area (Å²) in [5.74, 6) is 0.402. The highest BCUT2D eigenvalue weighted by molar-refractivity contribution is 7.92. The molecular formula is C14H17N3O4S. The van der Waals surface area contributed by atoms with Gasteiger partial charge in [-0.25, -0.2) is 18.4 Å². The molecule has 1 atom stereocenters. The van der Waals surface area contributed by atoms with Crippen molar-refractivity contribution < 1.29 is 17.9 Å². The summed E-state index contributed by atoms with van der Waals surface area (Å²) in [7, 11) is -1.99. The summed E-state index contributed by atoms with van der Waals surface area (Å²) in [6, 6.07) is 8.39. The first-order valence-corrected chi connectivity index (χ1v) is 8.22. The van der Waals surface area contributed by atoms with Crippen molar-refractivity contribution in [1.29, 1.82) is 0 Å². The first-order valence-electron chi connectivity index (χ1n) is 6.57. The lowest BCUT2D eigenvalue weighted by atomic mass is 10.3. The number of hydrogen-bond donors (Lipinski definition) is 1. The van der Waals surface area contributed by atoms with Gasteiger partial charge in [0.25, 0.3) is 0 Å². The van der Waals surface area contributed by atoms with Gasteiger partial charge in [0.2, 0.25) is 10.0 Å². The summed E-state index contributed by atoms with van der Waals surface area (Å²) in [5.41, 5.74) is 0.449. The Morgan fingerprint density at radius 1 is 1.18 bits per heavy atom. The summed E-state index contributed by atoms with van der Waals surface area (Å²) in [4.78, 5) is 7.88. The number of hydrogen-bond acceptors (Lipinski definition) is 6. The Morgan fingerprint density at radius 3 is 2.41 bits per heavy atom. The first-order chi connectivity index (χ1) is 10.5. The summed E-state index contributed by atoms with van der Waals surface area (Å²) < 4.78 is 36.7. The average Bonchev–Trinajstić information content (AvgIpc) is 2.49. The highest BCUT2D eigenvalue weighted by Gasteiger charge is 2.15. The number of sulfonamides is 1. The number of benzene rings is 1. The van der Waals surface area contributed by atoms with Gasteiger partial charge in [0.05, 0.1) is 11.9 Å². The fourth-order valence-electron chi connectivity index (χ4n) is 1.63. The van der Waals surface area contributed by atoms with E-state index in [0.29, 0.717) is 11.4 Å². The predicted molar refractivity (Wildman–Crippen MR) is 82.4 cm³/mol. The number of rotatable bonds is 7. The quantitative estimate of drug-likeness (QED) is 0.838. The number of nitrogens with zero attached hydrogens (tertiary/aromatic N) is 2. The van der Waals surface area contributed by atoms with Crippen LogP contribution in [0.15, 0.2) is 42.7 Å². The third kappa shape index (κ3) is 4.97. The number of anilines is 1. The Morgan fingerprint density at radius 2 is 1.82 bits per heavy atom. The molecule has 22 heavy (non-hydrogen) atoms. The van der Waals surface area contributed by atoms with E-state index in [1.165, 1.54) is 7.11 Å². The van der Waals surface area contributed by atoms with Gasteiger partial charge in [0.15, 0.2) is 0 Å². The van der Waals surface area contributed by atoms with Gasteiger partial charge >= 0.3 is 6.01 Å². The SMILES string of the molecule is COC(C)CS(=O)(=O)Nc1ccc(Oc2ncccn2)cc1. The van der Waals surface area contributed by atoms with Gasteiger partial charge in [-0.15, -0.1) is 0 Å². The Bertz CT molecular complexity index is 690. The summed E-state index contributed by atoms with van der Waals surface area (Å²) in [6.45, 7) is 1.69. The molecule has 0 aliphatic carbocycles. The molecule has 0 fully saturated rings. The molecule has 0 radical (unpaired) electrons. The zero-order valence-electron chi connectivity index (χ0n) is 12.3. The molecule has 7 nitrogen and oxygen atoms in total. The molecular weight excluding hydrogens is 306 g/mol. The highest BCUT2D eigenvalue weighted by Crippen LogP contribution is 2.20. The molecule has 0 amide bonds. The van der Waals surface area contributed by atoms with Crippen molar-refractivity contribution in [2.24, 2.45) is 0 Å². The van der Waals surface area contributed by atoms with Gasteiger partial charge in [0, 0.05) is 25.2 Å². The van der Waals surface area contributed by atoms with Crippen molar-refractivity contribution in [1.82, 2.24) is 9.97 Å². The maximum atomic E-state index is 11.9. The van der Waals surface area contributed by atoms with Gasteiger partial charge < -0.3 is 9.47 Å².